The largest absolute Gasteiger partial charge is 0.416 e. The topological polar surface area (TPSA) is 36.1 Å². The van der Waals surface area contributed by atoms with Gasteiger partial charge in [0.25, 0.3) is 0 Å². The molecule has 8 heteroatoms. The quantitative estimate of drug-likeness (QED) is 0.422. The van der Waals surface area contributed by atoms with Gasteiger partial charge in [-0.3, -0.25) is 9.69 Å². The van der Waals surface area contributed by atoms with Crippen LogP contribution in [0.2, 0.25) is 5.02 Å². The van der Waals surface area contributed by atoms with Crippen molar-refractivity contribution in [2.24, 2.45) is 0 Å². The van der Waals surface area contributed by atoms with Crippen LogP contribution in [0.25, 0.3) is 11.1 Å². The van der Waals surface area contributed by atoms with Gasteiger partial charge in [-0.15, -0.1) is 12.4 Å². The summed E-state index contributed by atoms with van der Waals surface area (Å²) in [5, 5.41) is 0.177. The van der Waals surface area contributed by atoms with E-state index in [-0.39, 0.29) is 29.4 Å². The molecule has 0 radical (unpaired) electrons. The lowest BCUT2D eigenvalue weighted by atomic mass is 9.94. The van der Waals surface area contributed by atoms with Gasteiger partial charge in [-0.1, -0.05) is 47.7 Å². The SMILES string of the molecule is Cc1[nH]c(C)c(-c2ccc(C#CCN3CCc4cccc(C(F)(F)F)c4C3)cc2)c(=O)c1Cl.Cl. The van der Waals surface area contributed by atoms with Crippen molar-refractivity contribution >= 4 is 24.0 Å². The Balaban J connectivity index is 0.00000324. The maximum Gasteiger partial charge on any atom is 0.416 e. The fourth-order valence-electron chi connectivity index (χ4n) is 4.21. The molecule has 1 aromatic heterocycles. The van der Waals surface area contributed by atoms with E-state index >= 15 is 0 Å². The van der Waals surface area contributed by atoms with E-state index in [4.69, 9.17) is 11.6 Å². The fraction of sp³-hybridized carbons (Fsp3) is 0.269. The third kappa shape index (κ3) is 5.33. The normalized spacial score (nSPS) is 13.5. The van der Waals surface area contributed by atoms with E-state index in [1.54, 1.807) is 13.0 Å². The first-order valence-corrected chi connectivity index (χ1v) is 10.9. The molecule has 0 fully saturated rings. The van der Waals surface area contributed by atoms with Crippen LogP contribution in [0, 0.1) is 25.7 Å². The van der Waals surface area contributed by atoms with Crippen molar-refractivity contribution < 1.29 is 13.2 Å². The Morgan fingerprint density at radius 2 is 1.79 bits per heavy atom. The molecule has 0 saturated carbocycles. The summed E-state index contributed by atoms with van der Waals surface area (Å²) < 4.78 is 40.0. The number of halogens is 5. The van der Waals surface area contributed by atoms with Crippen LogP contribution in [0.5, 0.6) is 0 Å². The van der Waals surface area contributed by atoms with Crippen LogP contribution >= 0.6 is 24.0 Å². The van der Waals surface area contributed by atoms with Gasteiger partial charge in [0, 0.05) is 35.6 Å². The molecular weight excluding hydrogens is 484 g/mol. The van der Waals surface area contributed by atoms with Crippen LogP contribution < -0.4 is 5.43 Å². The number of pyridine rings is 1. The van der Waals surface area contributed by atoms with Crippen LogP contribution in [0.4, 0.5) is 13.2 Å². The molecule has 0 bridgehead atoms. The van der Waals surface area contributed by atoms with E-state index in [1.807, 2.05) is 36.1 Å². The predicted octanol–water partition coefficient (Wildman–Crippen LogP) is 6.16. The Morgan fingerprint density at radius 3 is 2.47 bits per heavy atom. The monoisotopic (exact) mass is 506 g/mol. The van der Waals surface area contributed by atoms with Crippen molar-refractivity contribution in [2.45, 2.75) is 33.0 Å². The average molecular weight is 507 g/mol. The van der Waals surface area contributed by atoms with E-state index in [9.17, 15) is 18.0 Å². The third-order valence-corrected chi connectivity index (χ3v) is 6.33. The lowest BCUT2D eigenvalue weighted by Gasteiger charge is -2.29. The van der Waals surface area contributed by atoms with Crippen molar-refractivity contribution in [1.82, 2.24) is 9.88 Å². The molecule has 4 rings (SSSR count). The third-order valence-electron chi connectivity index (χ3n) is 5.87. The summed E-state index contributed by atoms with van der Waals surface area (Å²) in [5.74, 6) is 6.13. The Labute approximate surface area is 207 Å². The number of alkyl halides is 3. The smallest absolute Gasteiger partial charge is 0.361 e. The number of nitrogens with zero attached hydrogens (tertiary/aromatic N) is 1. The second-order valence-corrected chi connectivity index (χ2v) is 8.55. The van der Waals surface area contributed by atoms with Gasteiger partial charge in [-0.25, -0.2) is 0 Å². The minimum Gasteiger partial charge on any atom is -0.361 e. The van der Waals surface area contributed by atoms with Crippen molar-refractivity contribution in [3.05, 3.63) is 91.4 Å². The molecule has 0 amide bonds. The number of rotatable bonds is 2. The van der Waals surface area contributed by atoms with E-state index in [0.29, 0.717) is 36.3 Å². The number of aromatic amines is 1. The number of aromatic nitrogens is 1. The number of aryl methyl sites for hydroxylation is 2. The van der Waals surface area contributed by atoms with E-state index < -0.39 is 11.7 Å². The predicted molar refractivity (Wildman–Crippen MR) is 132 cm³/mol. The average Bonchev–Trinajstić information content (AvgIpc) is 2.77. The zero-order valence-electron chi connectivity index (χ0n) is 18.6. The summed E-state index contributed by atoms with van der Waals surface area (Å²) in [7, 11) is 0. The molecule has 34 heavy (non-hydrogen) atoms. The number of fused-ring (bicyclic) bond motifs is 1. The number of hydrogen-bond acceptors (Lipinski definition) is 2. The second kappa shape index (κ2) is 10.3. The molecule has 3 aromatic rings. The molecule has 1 N–H and O–H groups in total. The maximum atomic E-state index is 13.3. The van der Waals surface area contributed by atoms with E-state index in [0.717, 1.165) is 28.5 Å². The van der Waals surface area contributed by atoms with Gasteiger partial charge in [0.2, 0.25) is 5.43 Å². The standard InChI is InChI=1S/C26H22ClF3N2O.ClH/c1-16-23(25(33)24(27)17(2)31-16)20-10-8-18(9-11-20)5-4-13-32-14-12-19-6-3-7-22(21(19)15-32)26(28,29)30;/h3,6-11H,12-15H2,1-2H3,(H,31,33);1H. The first-order chi connectivity index (χ1) is 15.6. The molecule has 2 heterocycles. The molecule has 0 saturated heterocycles. The lowest BCUT2D eigenvalue weighted by molar-refractivity contribution is -0.138. The van der Waals surface area contributed by atoms with Gasteiger partial charge in [0.15, 0.2) is 0 Å². The number of nitrogens with one attached hydrogen (secondary N) is 1. The number of benzene rings is 2. The van der Waals surface area contributed by atoms with Gasteiger partial charge in [0.05, 0.1) is 12.1 Å². The van der Waals surface area contributed by atoms with Gasteiger partial charge < -0.3 is 4.98 Å². The zero-order chi connectivity index (χ0) is 23.8. The molecule has 0 atom stereocenters. The summed E-state index contributed by atoms with van der Waals surface area (Å²) in [4.78, 5) is 17.6. The van der Waals surface area contributed by atoms with Gasteiger partial charge in [-0.05, 0) is 55.2 Å². The molecule has 0 aliphatic carbocycles. The lowest BCUT2D eigenvalue weighted by Crippen LogP contribution is -2.32. The zero-order valence-corrected chi connectivity index (χ0v) is 20.2. The molecule has 178 valence electrons. The molecule has 0 unspecified atom stereocenters. The van der Waals surface area contributed by atoms with Crippen molar-refractivity contribution in [2.75, 3.05) is 13.1 Å². The molecule has 3 nitrogen and oxygen atoms in total. The minimum absolute atomic E-state index is 0. The van der Waals surface area contributed by atoms with Crippen LogP contribution in [-0.2, 0) is 19.1 Å². The minimum atomic E-state index is -4.36. The Kier molecular flexibility index (Phi) is 7.82. The fourth-order valence-corrected chi connectivity index (χ4v) is 4.35. The number of hydrogen-bond donors (Lipinski definition) is 1. The van der Waals surface area contributed by atoms with E-state index in [1.165, 1.54) is 6.07 Å². The molecular formula is C26H23Cl2F3N2O. The Hall–Kier alpha value is -2.72. The van der Waals surface area contributed by atoms with Crippen molar-refractivity contribution in [1.29, 1.82) is 0 Å². The number of H-pyrrole nitrogens is 1. The highest BCUT2D eigenvalue weighted by atomic mass is 35.5. The van der Waals surface area contributed by atoms with Gasteiger partial charge in [0.1, 0.15) is 5.02 Å². The van der Waals surface area contributed by atoms with Crippen molar-refractivity contribution in [3.8, 4) is 23.0 Å². The highest BCUT2D eigenvalue weighted by molar-refractivity contribution is 6.31. The summed E-state index contributed by atoms with van der Waals surface area (Å²) in [6, 6.07) is 11.7. The van der Waals surface area contributed by atoms with Crippen LogP contribution in [0.1, 0.15) is 33.6 Å². The van der Waals surface area contributed by atoms with Crippen LogP contribution in [0.3, 0.4) is 0 Å². The van der Waals surface area contributed by atoms with E-state index in [2.05, 4.69) is 16.8 Å². The highest BCUT2D eigenvalue weighted by Gasteiger charge is 2.35. The maximum absolute atomic E-state index is 13.3. The van der Waals surface area contributed by atoms with Crippen LogP contribution in [-0.4, -0.2) is 23.0 Å². The molecule has 0 spiro atoms. The Morgan fingerprint density at radius 1 is 1.09 bits per heavy atom. The summed E-state index contributed by atoms with van der Waals surface area (Å²) in [5.41, 5.74) is 3.73. The Bertz CT molecular complexity index is 1320. The molecule has 1 aliphatic rings. The van der Waals surface area contributed by atoms with Gasteiger partial charge in [-0.2, -0.15) is 13.2 Å². The summed E-state index contributed by atoms with van der Waals surface area (Å²) in [6.07, 6.45) is -3.79. The second-order valence-electron chi connectivity index (χ2n) is 8.17. The molecule has 1 aliphatic heterocycles. The summed E-state index contributed by atoms with van der Waals surface area (Å²) >= 11 is 6.11. The molecule has 2 aromatic carbocycles. The van der Waals surface area contributed by atoms with Gasteiger partial charge >= 0.3 is 6.18 Å². The highest BCUT2D eigenvalue weighted by Crippen LogP contribution is 2.35. The van der Waals surface area contributed by atoms with Crippen molar-refractivity contribution in [3.63, 3.8) is 0 Å². The van der Waals surface area contributed by atoms with Crippen LogP contribution in [0.15, 0.2) is 47.3 Å². The first kappa shape index (κ1) is 25.9. The summed E-state index contributed by atoms with van der Waals surface area (Å²) in [6.45, 7) is 4.85. The first-order valence-electron chi connectivity index (χ1n) is 10.5.